The van der Waals surface area contributed by atoms with Gasteiger partial charge in [-0.1, -0.05) is 13.0 Å². The second-order valence-electron chi connectivity index (χ2n) is 7.61. The number of aryl methyl sites for hydroxylation is 1. The molecule has 0 spiro atoms. The van der Waals surface area contributed by atoms with E-state index < -0.39 is 18.6 Å². The van der Waals surface area contributed by atoms with Gasteiger partial charge in [0.15, 0.2) is 5.82 Å². The van der Waals surface area contributed by atoms with E-state index in [2.05, 4.69) is 4.98 Å². The van der Waals surface area contributed by atoms with E-state index in [-0.39, 0.29) is 24.2 Å². The Hall–Kier alpha value is -3.17. The number of amides is 2. The first-order valence-corrected chi connectivity index (χ1v) is 9.63. The van der Waals surface area contributed by atoms with Gasteiger partial charge < -0.3 is 19.8 Å². The fourth-order valence-electron chi connectivity index (χ4n) is 3.83. The molecule has 2 atom stereocenters. The lowest BCUT2D eigenvalue weighted by molar-refractivity contribution is -0.121. The van der Waals surface area contributed by atoms with Crippen molar-refractivity contribution in [1.82, 2.24) is 9.55 Å². The van der Waals surface area contributed by atoms with E-state index in [1.165, 1.54) is 0 Å². The lowest BCUT2D eigenvalue weighted by atomic mass is 9.96. The van der Waals surface area contributed by atoms with Gasteiger partial charge in [0.1, 0.15) is 30.8 Å². The number of halogens is 2. The summed E-state index contributed by atoms with van der Waals surface area (Å²) in [5, 5.41) is 0. The van der Waals surface area contributed by atoms with Crippen molar-refractivity contribution in [2.75, 3.05) is 18.1 Å². The first kappa shape index (κ1) is 20.1. The van der Waals surface area contributed by atoms with Gasteiger partial charge in [0.25, 0.3) is 6.43 Å². The molecule has 10 heteroatoms. The molecule has 1 fully saturated rings. The van der Waals surface area contributed by atoms with Crippen LogP contribution in [0, 0.1) is 12.8 Å². The SMILES string of the molecule is Cc1cc(C[C@@H](C)C(N)=O)cc2c1-c1nc(N3C(=O)OC[C@H]3C(F)F)cn1CCO2. The number of carbonyl (C=O) groups is 2. The van der Waals surface area contributed by atoms with Crippen LogP contribution in [-0.2, 0) is 22.5 Å². The van der Waals surface area contributed by atoms with Crippen molar-refractivity contribution >= 4 is 17.8 Å². The maximum Gasteiger partial charge on any atom is 0.416 e. The van der Waals surface area contributed by atoms with E-state index in [1.807, 2.05) is 19.1 Å². The predicted molar refractivity (Wildman–Crippen MR) is 104 cm³/mol. The number of carbonyl (C=O) groups excluding carboxylic acids is 2. The first-order chi connectivity index (χ1) is 14.3. The molecule has 0 aliphatic carbocycles. The number of primary amides is 1. The van der Waals surface area contributed by atoms with Crippen LogP contribution in [0.2, 0.25) is 0 Å². The summed E-state index contributed by atoms with van der Waals surface area (Å²) in [7, 11) is 0. The molecule has 1 aromatic heterocycles. The van der Waals surface area contributed by atoms with Crippen molar-refractivity contribution in [3.63, 3.8) is 0 Å². The van der Waals surface area contributed by atoms with Crippen molar-refractivity contribution in [1.29, 1.82) is 0 Å². The van der Waals surface area contributed by atoms with Crippen LogP contribution in [0.5, 0.6) is 5.75 Å². The normalized spacial score (nSPS) is 19.0. The van der Waals surface area contributed by atoms with Crippen molar-refractivity contribution in [3.05, 3.63) is 29.5 Å². The van der Waals surface area contributed by atoms with E-state index in [1.54, 1.807) is 17.7 Å². The zero-order valence-corrected chi connectivity index (χ0v) is 16.6. The number of fused-ring (bicyclic) bond motifs is 3. The maximum atomic E-state index is 13.3. The molecule has 1 saturated heterocycles. The second kappa shape index (κ2) is 7.58. The Morgan fingerprint density at radius 3 is 2.83 bits per heavy atom. The summed E-state index contributed by atoms with van der Waals surface area (Å²) in [6, 6.07) is 2.40. The summed E-state index contributed by atoms with van der Waals surface area (Å²) in [5.41, 5.74) is 7.85. The highest BCUT2D eigenvalue weighted by molar-refractivity contribution is 5.89. The number of aromatic nitrogens is 2. The third-order valence-corrected chi connectivity index (χ3v) is 5.41. The van der Waals surface area contributed by atoms with Crippen LogP contribution in [0.15, 0.2) is 18.3 Å². The molecular formula is C20H22F2N4O4. The van der Waals surface area contributed by atoms with Crippen LogP contribution in [0.25, 0.3) is 11.4 Å². The summed E-state index contributed by atoms with van der Waals surface area (Å²) >= 11 is 0. The zero-order valence-electron chi connectivity index (χ0n) is 16.6. The van der Waals surface area contributed by atoms with E-state index >= 15 is 0 Å². The van der Waals surface area contributed by atoms with Crippen LogP contribution < -0.4 is 15.4 Å². The molecule has 4 rings (SSSR count). The number of nitrogens with two attached hydrogens (primary N) is 1. The standard InChI is InChI=1S/C20H22F2N4O4/c1-10-5-12(6-11(2)18(23)27)7-14-16(10)19-24-15(8-25(19)3-4-29-14)26-13(17(21)22)9-30-20(26)28/h5,7-8,11,13,17H,3-4,6,9H2,1-2H3,(H2,23,27)/t11-,13+/m1/s1. The van der Waals surface area contributed by atoms with Crippen LogP contribution in [0.4, 0.5) is 19.4 Å². The molecule has 0 radical (unpaired) electrons. The number of hydrogen-bond acceptors (Lipinski definition) is 5. The van der Waals surface area contributed by atoms with Gasteiger partial charge in [-0.25, -0.2) is 23.5 Å². The fourth-order valence-corrected chi connectivity index (χ4v) is 3.83. The quantitative estimate of drug-likeness (QED) is 0.801. The van der Waals surface area contributed by atoms with Crippen molar-refractivity contribution in [2.24, 2.45) is 11.7 Å². The van der Waals surface area contributed by atoms with Crippen molar-refractivity contribution in [2.45, 2.75) is 39.3 Å². The van der Waals surface area contributed by atoms with Crippen LogP contribution in [0.1, 0.15) is 18.1 Å². The number of rotatable bonds is 5. The number of anilines is 1. The van der Waals surface area contributed by atoms with E-state index in [0.717, 1.165) is 21.6 Å². The Morgan fingerprint density at radius 1 is 1.37 bits per heavy atom. The average molecular weight is 420 g/mol. The fraction of sp³-hybridized carbons (Fsp3) is 0.450. The van der Waals surface area contributed by atoms with Crippen LogP contribution >= 0.6 is 0 Å². The monoisotopic (exact) mass is 420 g/mol. The minimum Gasteiger partial charge on any atom is -0.491 e. The van der Waals surface area contributed by atoms with Gasteiger partial charge in [-0.05, 0) is 30.5 Å². The molecule has 0 saturated carbocycles. The topological polar surface area (TPSA) is 99.7 Å². The molecule has 3 heterocycles. The summed E-state index contributed by atoms with van der Waals surface area (Å²) in [6.07, 6.45) is -1.54. The van der Waals surface area contributed by atoms with Gasteiger partial charge >= 0.3 is 6.09 Å². The van der Waals surface area contributed by atoms with E-state index in [9.17, 15) is 18.4 Å². The smallest absolute Gasteiger partial charge is 0.416 e. The number of cyclic esters (lactones) is 1. The van der Waals surface area contributed by atoms with E-state index in [0.29, 0.717) is 31.1 Å². The Balaban J connectivity index is 1.74. The Bertz CT molecular complexity index is 1010. The Labute approximate surface area is 171 Å². The average Bonchev–Trinajstić information content (AvgIpc) is 3.20. The molecule has 0 bridgehead atoms. The van der Waals surface area contributed by atoms with E-state index in [4.69, 9.17) is 15.2 Å². The first-order valence-electron chi connectivity index (χ1n) is 9.63. The van der Waals surface area contributed by atoms with Gasteiger partial charge in [0.2, 0.25) is 5.91 Å². The molecule has 2 aliphatic rings. The number of imidazole rings is 1. The molecule has 30 heavy (non-hydrogen) atoms. The van der Waals surface area contributed by atoms with Gasteiger partial charge in [-0.15, -0.1) is 0 Å². The molecule has 2 N–H and O–H groups in total. The lowest BCUT2D eigenvalue weighted by Gasteiger charge is -2.18. The molecule has 160 valence electrons. The maximum absolute atomic E-state index is 13.3. The molecule has 8 nitrogen and oxygen atoms in total. The lowest BCUT2D eigenvalue weighted by Crippen LogP contribution is -2.38. The van der Waals surface area contributed by atoms with Crippen LogP contribution in [0.3, 0.4) is 0 Å². The van der Waals surface area contributed by atoms with Crippen molar-refractivity contribution in [3.8, 4) is 17.1 Å². The number of ether oxygens (including phenoxy) is 2. The van der Waals surface area contributed by atoms with Gasteiger partial charge in [-0.3, -0.25) is 4.79 Å². The minimum absolute atomic E-state index is 0.122. The summed E-state index contributed by atoms with van der Waals surface area (Å²) < 4.78 is 39.2. The molecule has 0 unspecified atom stereocenters. The molecule has 2 amide bonds. The van der Waals surface area contributed by atoms with Crippen LogP contribution in [-0.4, -0.2) is 47.2 Å². The number of alkyl halides is 2. The molecular weight excluding hydrogens is 398 g/mol. The molecule has 2 aromatic rings. The number of hydrogen-bond donors (Lipinski definition) is 1. The Kier molecular flexibility index (Phi) is 5.08. The largest absolute Gasteiger partial charge is 0.491 e. The van der Waals surface area contributed by atoms with Gasteiger partial charge in [-0.2, -0.15) is 0 Å². The Morgan fingerprint density at radius 2 is 2.13 bits per heavy atom. The number of nitrogens with zero attached hydrogens (tertiary/aromatic N) is 3. The van der Waals surface area contributed by atoms with Crippen molar-refractivity contribution < 1.29 is 27.8 Å². The summed E-state index contributed by atoms with van der Waals surface area (Å²) in [5.74, 6) is 0.532. The predicted octanol–water partition coefficient (Wildman–Crippen LogP) is 2.51. The molecule has 1 aromatic carbocycles. The highest BCUT2D eigenvalue weighted by atomic mass is 19.3. The van der Waals surface area contributed by atoms with Gasteiger partial charge in [0.05, 0.1) is 12.1 Å². The summed E-state index contributed by atoms with van der Waals surface area (Å²) in [4.78, 5) is 28.9. The third kappa shape index (κ3) is 3.46. The third-order valence-electron chi connectivity index (χ3n) is 5.41. The van der Waals surface area contributed by atoms with Gasteiger partial charge in [0, 0.05) is 12.1 Å². The molecule has 2 aliphatic heterocycles. The number of benzene rings is 1. The second-order valence-corrected chi connectivity index (χ2v) is 7.61. The minimum atomic E-state index is -2.75. The zero-order chi connectivity index (χ0) is 21.6. The highest BCUT2D eigenvalue weighted by Gasteiger charge is 2.42. The summed E-state index contributed by atoms with van der Waals surface area (Å²) in [6.45, 7) is 4.05. The highest BCUT2D eigenvalue weighted by Crippen LogP contribution is 2.38.